The smallest absolute Gasteiger partial charge is 0.306 e. The average Bonchev–Trinajstić information content (AvgIpc) is 3.04. The normalized spacial score (nSPS) is 12.9. The number of esters is 2. The van der Waals surface area contributed by atoms with Crippen LogP contribution in [0.2, 0.25) is 0 Å². The van der Waals surface area contributed by atoms with E-state index in [1.807, 2.05) is 0 Å². The number of rotatable bonds is 32. The molecule has 0 amide bonds. The highest BCUT2D eigenvalue weighted by Gasteiger charge is 2.16. The van der Waals surface area contributed by atoms with Crippen molar-refractivity contribution in [2.24, 2.45) is 0 Å². The molecule has 0 aliphatic carbocycles. The van der Waals surface area contributed by atoms with E-state index in [-0.39, 0.29) is 25.2 Å². The molecule has 0 aromatic carbocycles. The highest BCUT2D eigenvalue weighted by molar-refractivity contribution is 5.70. The van der Waals surface area contributed by atoms with Crippen molar-refractivity contribution in [3.63, 3.8) is 0 Å². The lowest BCUT2D eigenvalue weighted by Gasteiger charge is -2.15. The number of allylic oxidation sites excluding steroid dienone is 10. The lowest BCUT2D eigenvalue weighted by atomic mass is 10.0. The molecule has 0 saturated carbocycles. The Kier molecular flexibility index (Phi) is 34.1. The predicted molar refractivity (Wildman–Crippen MR) is 191 cm³/mol. The van der Waals surface area contributed by atoms with E-state index in [1.165, 1.54) is 57.8 Å². The van der Waals surface area contributed by atoms with Crippen molar-refractivity contribution in [1.82, 2.24) is 0 Å². The molecule has 0 fully saturated rings. The Labute approximate surface area is 277 Å². The minimum atomic E-state index is -0.783. The molecule has 1 atom stereocenters. The zero-order chi connectivity index (χ0) is 32.9. The maximum absolute atomic E-state index is 12.1. The van der Waals surface area contributed by atoms with E-state index in [9.17, 15) is 14.7 Å². The van der Waals surface area contributed by atoms with E-state index in [4.69, 9.17) is 9.47 Å². The standard InChI is InChI=1S/C40H68O5/c1-3-5-7-9-11-13-15-17-18-19-20-21-22-23-25-26-28-30-32-34-39(42)44-37-38(36-41)45-40(43)35-33-31-29-27-24-16-14-12-10-8-6-4-2/h5,7,11,13,17-18,20-21,23,25,38,41H,3-4,6,8-10,12,14-16,19,22,24,26-37H2,1-2H3/b7-5+,13-11+,18-17+,21-20+,25-23+/t38-/m0/s1. The molecule has 0 aromatic heterocycles. The molecule has 0 aliphatic rings. The molecule has 0 spiro atoms. The largest absolute Gasteiger partial charge is 0.462 e. The number of carbonyl (C=O) groups excluding carboxylic acids is 2. The van der Waals surface area contributed by atoms with Gasteiger partial charge in [0.05, 0.1) is 6.61 Å². The van der Waals surface area contributed by atoms with Crippen LogP contribution in [-0.2, 0) is 19.1 Å². The number of carbonyl (C=O) groups is 2. The fourth-order valence-corrected chi connectivity index (χ4v) is 4.81. The summed E-state index contributed by atoms with van der Waals surface area (Å²) in [7, 11) is 0. The molecule has 0 radical (unpaired) electrons. The molecule has 0 unspecified atom stereocenters. The van der Waals surface area contributed by atoms with Crippen molar-refractivity contribution in [3.05, 3.63) is 60.8 Å². The van der Waals surface area contributed by atoms with Crippen LogP contribution >= 0.6 is 0 Å². The first-order chi connectivity index (χ1) is 22.1. The Hall–Kier alpha value is -2.40. The summed E-state index contributed by atoms with van der Waals surface area (Å²) in [6.45, 7) is 3.97. The molecule has 5 heteroatoms. The van der Waals surface area contributed by atoms with Crippen LogP contribution in [0.3, 0.4) is 0 Å². The summed E-state index contributed by atoms with van der Waals surface area (Å²) < 4.78 is 10.6. The van der Waals surface area contributed by atoms with Crippen molar-refractivity contribution in [3.8, 4) is 0 Å². The van der Waals surface area contributed by atoms with Crippen molar-refractivity contribution in [1.29, 1.82) is 0 Å². The molecular formula is C40H68O5. The van der Waals surface area contributed by atoms with E-state index in [0.29, 0.717) is 12.8 Å². The third-order valence-corrected chi connectivity index (χ3v) is 7.58. The van der Waals surface area contributed by atoms with Crippen LogP contribution in [0.1, 0.15) is 162 Å². The van der Waals surface area contributed by atoms with Crippen LogP contribution in [0, 0.1) is 0 Å². The van der Waals surface area contributed by atoms with Gasteiger partial charge in [0.15, 0.2) is 6.10 Å². The van der Waals surface area contributed by atoms with Gasteiger partial charge in [0.25, 0.3) is 0 Å². The lowest BCUT2D eigenvalue weighted by molar-refractivity contribution is -0.161. The topological polar surface area (TPSA) is 72.8 Å². The van der Waals surface area contributed by atoms with Crippen LogP contribution < -0.4 is 0 Å². The van der Waals surface area contributed by atoms with Gasteiger partial charge in [-0.1, -0.05) is 152 Å². The Morgan fingerprint density at radius 1 is 0.533 bits per heavy atom. The highest BCUT2D eigenvalue weighted by atomic mass is 16.6. The quantitative estimate of drug-likeness (QED) is 0.0456. The van der Waals surface area contributed by atoms with Gasteiger partial charge in [-0.25, -0.2) is 0 Å². The predicted octanol–water partition coefficient (Wildman–Crippen LogP) is 11.2. The molecule has 0 bridgehead atoms. The first-order valence-electron chi connectivity index (χ1n) is 18.3. The second-order valence-corrected chi connectivity index (χ2v) is 11.9. The van der Waals surface area contributed by atoms with Crippen molar-refractivity contribution < 1.29 is 24.2 Å². The van der Waals surface area contributed by atoms with Crippen molar-refractivity contribution >= 4 is 11.9 Å². The monoisotopic (exact) mass is 629 g/mol. The summed E-state index contributed by atoms with van der Waals surface area (Å²) in [4.78, 5) is 24.2. The summed E-state index contributed by atoms with van der Waals surface area (Å²) in [6, 6.07) is 0. The molecule has 0 aromatic rings. The third-order valence-electron chi connectivity index (χ3n) is 7.58. The van der Waals surface area contributed by atoms with Crippen molar-refractivity contribution in [2.75, 3.05) is 13.2 Å². The fourth-order valence-electron chi connectivity index (χ4n) is 4.81. The number of hydrogen-bond donors (Lipinski definition) is 1. The van der Waals surface area contributed by atoms with Gasteiger partial charge in [0.2, 0.25) is 0 Å². The number of aliphatic hydroxyl groups excluding tert-OH is 1. The number of hydrogen-bond acceptors (Lipinski definition) is 5. The Balaban J connectivity index is 3.66. The molecule has 45 heavy (non-hydrogen) atoms. The summed E-state index contributed by atoms with van der Waals surface area (Å²) >= 11 is 0. The van der Waals surface area contributed by atoms with Crippen LogP contribution in [0.15, 0.2) is 60.8 Å². The van der Waals surface area contributed by atoms with Crippen LogP contribution in [-0.4, -0.2) is 36.4 Å². The van der Waals surface area contributed by atoms with E-state index in [1.54, 1.807) is 0 Å². The Morgan fingerprint density at radius 3 is 1.44 bits per heavy atom. The molecule has 0 heterocycles. The van der Waals surface area contributed by atoms with Gasteiger partial charge < -0.3 is 14.6 Å². The van der Waals surface area contributed by atoms with Crippen molar-refractivity contribution in [2.45, 2.75) is 168 Å². The van der Waals surface area contributed by atoms with Gasteiger partial charge in [-0.15, -0.1) is 0 Å². The zero-order valence-electron chi connectivity index (χ0n) is 29.1. The number of ether oxygens (including phenoxy) is 2. The molecule has 5 nitrogen and oxygen atoms in total. The maximum Gasteiger partial charge on any atom is 0.306 e. The van der Waals surface area contributed by atoms with Gasteiger partial charge in [-0.3, -0.25) is 9.59 Å². The molecule has 1 N–H and O–H groups in total. The average molecular weight is 629 g/mol. The molecular weight excluding hydrogens is 560 g/mol. The SMILES string of the molecule is CC/C=C/C/C=C/C/C=C/C/C=C/C/C=C/CCCCCC(=O)OC[C@H](CO)OC(=O)CCCCCCCCCCCCCC. The van der Waals surface area contributed by atoms with E-state index in [0.717, 1.165) is 77.0 Å². The second kappa shape index (κ2) is 36.1. The zero-order valence-corrected chi connectivity index (χ0v) is 29.1. The Bertz CT molecular complexity index is 808. The van der Waals surface area contributed by atoms with E-state index in [2.05, 4.69) is 74.6 Å². The van der Waals surface area contributed by atoms with E-state index < -0.39 is 6.10 Å². The van der Waals surface area contributed by atoms with Gasteiger partial charge in [-0.05, 0) is 57.8 Å². The first-order valence-corrected chi connectivity index (χ1v) is 18.3. The number of aliphatic hydroxyl groups is 1. The fraction of sp³-hybridized carbons (Fsp3) is 0.700. The molecule has 258 valence electrons. The minimum absolute atomic E-state index is 0.0838. The van der Waals surface area contributed by atoms with Gasteiger partial charge >= 0.3 is 11.9 Å². The third kappa shape index (κ3) is 34.3. The maximum atomic E-state index is 12.1. The van der Waals surface area contributed by atoms with Crippen LogP contribution in [0.25, 0.3) is 0 Å². The van der Waals surface area contributed by atoms with Gasteiger partial charge in [-0.2, -0.15) is 0 Å². The van der Waals surface area contributed by atoms with E-state index >= 15 is 0 Å². The van der Waals surface area contributed by atoms with Gasteiger partial charge in [0.1, 0.15) is 6.61 Å². The number of unbranched alkanes of at least 4 members (excludes halogenated alkanes) is 14. The molecule has 0 saturated heterocycles. The summed E-state index contributed by atoms with van der Waals surface area (Å²) in [5.41, 5.74) is 0. The summed E-state index contributed by atoms with van der Waals surface area (Å²) in [5, 5.41) is 9.52. The van der Waals surface area contributed by atoms with Crippen LogP contribution in [0.4, 0.5) is 0 Å². The summed E-state index contributed by atoms with van der Waals surface area (Å²) in [5.74, 6) is -0.632. The molecule has 0 rings (SSSR count). The van der Waals surface area contributed by atoms with Gasteiger partial charge in [0, 0.05) is 12.8 Å². The highest BCUT2D eigenvalue weighted by Crippen LogP contribution is 2.13. The van der Waals surface area contributed by atoms with Crippen LogP contribution in [0.5, 0.6) is 0 Å². The second-order valence-electron chi connectivity index (χ2n) is 11.9. The Morgan fingerprint density at radius 2 is 0.956 bits per heavy atom. The first kappa shape index (κ1) is 42.6. The molecule has 0 aliphatic heterocycles. The minimum Gasteiger partial charge on any atom is -0.462 e. The lowest BCUT2D eigenvalue weighted by Crippen LogP contribution is -2.28. The summed E-state index contributed by atoms with van der Waals surface area (Å²) in [6.07, 6.45) is 45.6.